The largest absolute Gasteiger partial charge is 0.493 e. The Morgan fingerprint density at radius 3 is 2.35 bits per heavy atom. The minimum absolute atomic E-state index is 0.670. The van der Waals surface area contributed by atoms with Crippen molar-refractivity contribution in [3.05, 3.63) is 23.3 Å². The highest BCUT2D eigenvalue weighted by atomic mass is 16.5. The van der Waals surface area contributed by atoms with Gasteiger partial charge in [0.05, 0.1) is 14.2 Å². The molecule has 20 heavy (non-hydrogen) atoms. The first-order valence-corrected chi connectivity index (χ1v) is 7.28. The molecule has 1 fully saturated rings. The molecule has 4 heteroatoms. The fourth-order valence-electron chi connectivity index (χ4n) is 2.84. The van der Waals surface area contributed by atoms with Crippen LogP contribution < -0.4 is 14.8 Å². The van der Waals surface area contributed by atoms with E-state index < -0.39 is 0 Å². The zero-order chi connectivity index (χ0) is 14.5. The van der Waals surface area contributed by atoms with Crippen LogP contribution >= 0.6 is 0 Å². The Hall–Kier alpha value is -1.26. The lowest BCUT2D eigenvalue weighted by molar-refractivity contribution is 0.191. The van der Waals surface area contributed by atoms with Crippen molar-refractivity contribution >= 4 is 0 Å². The number of rotatable bonds is 5. The van der Waals surface area contributed by atoms with Crippen LogP contribution in [0.15, 0.2) is 12.1 Å². The number of benzene rings is 1. The second-order valence-electron chi connectivity index (χ2n) is 5.53. The fourth-order valence-corrected chi connectivity index (χ4v) is 2.84. The van der Waals surface area contributed by atoms with Crippen molar-refractivity contribution in [2.24, 2.45) is 0 Å². The van der Waals surface area contributed by atoms with Gasteiger partial charge in [0.25, 0.3) is 0 Å². The third-order valence-electron chi connectivity index (χ3n) is 4.19. The van der Waals surface area contributed by atoms with Gasteiger partial charge in [-0.2, -0.15) is 0 Å². The Morgan fingerprint density at radius 1 is 1.15 bits per heavy atom. The predicted octanol–water partition coefficient (Wildman–Crippen LogP) is 2.20. The van der Waals surface area contributed by atoms with Gasteiger partial charge < -0.3 is 14.8 Å². The van der Waals surface area contributed by atoms with E-state index in [1.54, 1.807) is 14.2 Å². The molecule has 0 atom stereocenters. The standard InChI is InChI=1S/C16H26N2O2/c1-12-9-15(19-3)16(20-4)10-13(12)11-18(2)14-5-7-17-8-6-14/h9-10,14,17H,5-8,11H2,1-4H3. The summed E-state index contributed by atoms with van der Waals surface area (Å²) in [7, 11) is 5.58. The van der Waals surface area contributed by atoms with Gasteiger partial charge in [0.2, 0.25) is 0 Å². The van der Waals surface area contributed by atoms with E-state index >= 15 is 0 Å². The van der Waals surface area contributed by atoms with Gasteiger partial charge in [0.1, 0.15) is 0 Å². The second kappa shape index (κ2) is 6.95. The molecular formula is C16H26N2O2. The van der Waals surface area contributed by atoms with Crippen molar-refractivity contribution in [1.29, 1.82) is 0 Å². The molecule has 1 heterocycles. The molecule has 1 aliphatic heterocycles. The molecular weight excluding hydrogens is 252 g/mol. The van der Waals surface area contributed by atoms with E-state index in [1.807, 2.05) is 0 Å². The molecule has 0 saturated carbocycles. The van der Waals surface area contributed by atoms with Crippen molar-refractivity contribution in [2.45, 2.75) is 32.4 Å². The maximum Gasteiger partial charge on any atom is 0.161 e. The van der Waals surface area contributed by atoms with E-state index in [2.05, 4.69) is 36.3 Å². The average molecular weight is 278 g/mol. The van der Waals surface area contributed by atoms with Crippen LogP contribution in [0.1, 0.15) is 24.0 Å². The third-order valence-corrected chi connectivity index (χ3v) is 4.19. The summed E-state index contributed by atoms with van der Waals surface area (Å²) in [6.45, 7) is 5.34. The Morgan fingerprint density at radius 2 is 1.75 bits per heavy atom. The lowest BCUT2D eigenvalue weighted by Gasteiger charge is -2.32. The molecule has 1 aromatic carbocycles. The number of aryl methyl sites for hydroxylation is 1. The van der Waals surface area contributed by atoms with Crippen LogP contribution in [0.25, 0.3) is 0 Å². The zero-order valence-electron chi connectivity index (χ0n) is 13.0. The van der Waals surface area contributed by atoms with Crippen LogP contribution in [-0.4, -0.2) is 45.3 Å². The Kier molecular flexibility index (Phi) is 5.26. The van der Waals surface area contributed by atoms with E-state index in [0.29, 0.717) is 6.04 Å². The molecule has 4 nitrogen and oxygen atoms in total. The topological polar surface area (TPSA) is 33.7 Å². The summed E-state index contributed by atoms with van der Waals surface area (Å²) in [5, 5.41) is 3.41. The van der Waals surface area contributed by atoms with Gasteiger partial charge in [-0.3, -0.25) is 4.90 Å². The van der Waals surface area contributed by atoms with E-state index in [1.165, 1.54) is 24.0 Å². The smallest absolute Gasteiger partial charge is 0.161 e. The van der Waals surface area contributed by atoms with Crippen molar-refractivity contribution in [3.63, 3.8) is 0 Å². The quantitative estimate of drug-likeness (QED) is 0.895. The van der Waals surface area contributed by atoms with E-state index in [4.69, 9.17) is 9.47 Å². The number of piperidine rings is 1. The van der Waals surface area contributed by atoms with Gasteiger partial charge in [-0.15, -0.1) is 0 Å². The van der Waals surface area contributed by atoms with Crippen LogP contribution in [0, 0.1) is 6.92 Å². The summed E-state index contributed by atoms with van der Waals surface area (Å²) in [5.74, 6) is 1.62. The van der Waals surface area contributed by atoms with Gasteiger partial charge in [-0.25, -0.2) is 0 Å². The summed E-state index contributed by atoms with van der Waals surface area (Å²) >= 11 is 0. The van der Waals surface area contributed by atoms with Crippen molar-refractivity contribution in [1.82, 2.24) is 10.2 Å². The first kappa shape index (κ1) is 15.1. The van der Waals surface area contributed by atoms with Gasteiger partial charge >= 0.3 is 0 Å². The number of nitrogens with one attached hydrogen (secondary N) is 1. The highest BCUT2D eigenvalue weighted by molar-refractivity contribution is 5.47. The highest BCUT2D eigenvalue weighted by Gasteiger charge is 2.19. The van der Waals surface area contributed by atoms with Crippen LogP contribution in [0.3, 0.4) is 0 Å². The molecule has 112 valence electrons. The van der Waals surface area contributed by atoms with Crippen molar-refractivity contribution in [2.75, 3.05) is 34.4 Å². The van der Waals surface area contributed by atoms with Crippen LogP contribution in [-0.2, 0) is 6.54 Å². The van der Waals surface area contributed by atoms with E-state index in [9.17, 15) is 0 Å². The summed E-state index contributed by atoms with van der Waals surface area (Å²) < 4.78 is 10.8. The summed E-state index contributed by atoms with van der Waals surface area (Å²) in [5.41, 5.74) is 2.56. The molecule has 0 spiro atoms. The maximum absolute atomic E-state index is 5.41. The number of methoxy groups -OCH3 is 2. The summed E-state index contributed by atoms with van der Waals surface area (Å²) in [6.07, 6.45) is 2.45. The Balaban J connectivity index is 2.11. The zero-order valence-corrected chi connectivity index (χ0v) is 13.0. The lowest BCUT2D eigenvalue weighted by Crippen LogP contribution is -2.40. The molecule has 0 radical (unpaired) electrons. The Labute approximate surface area is 122 Å². The van der Waals surface area contributed by atoms with Gasteiger partial charge in [-0.05, 0) is 63.2 Å². The molecule has 0 aliphatic carbocycles. The molecule has 0 aromatic heterocycles. The van der Waals surface area contributed by atoms with Gasteiger partial charge in [-0.1, -0.05) is 0 Å². The Bertz CT molecular complexity index is 442. The normalized spacial score (nSPS) is 16.4. The van der Waals surface area contributed by atoms with Crippen molar-refractivity contribution < 1.29 is 9.47 Å². The van der Waals surface area contributed by atoms with Gasteiger partial charge in [0.15, 0.2) is 11.5 Å². The monoisotopic (exact) mass is 278 g/mol. The lowest BCUT2D eigenvalue weighted by atomic mass is 10.0. The number of ether oxygens (including phenoxy) is 2. The van der Waals surface area contributed by atoms with Crippen LogP contribution in [0.2, 0.25) is 0 Å². The first-order chi connectivity index (χ1) is 9.65. The number of hydrogen-bond donors (Lipinski definition) is 1. The van der Waals surface area contributed by atoms with Crippen molar-refractivity contribution in [3.8, 4) is 11.5 Å². The molecule has 0 amide bonds. The van der Waals surface area contributed by atoms with E-state index in [-0.39, 0.29) is 0 Å². The molecule has 1 N–H and O–H groups in total. The maximum atomic E-state index is 5.41. The molecule has 1 aromatic rings. The molecule has 1 saturated heterocycles. The minimum Gasteiger partial charge on any atom is -0.493 e. The minimum atomic E-state index is 0.670. The molecule has 2 rings (SSSR count). The molecule has 0 unspecified atom stereocenters. The SMILES string of the molecule is COc1cc(C)c(CN(C)C2CCNCC2)cc1OC. The summed E-state index contributed by atoms with van der Waals surface area (Å²) in [4.78, 5) is 2.45. The second-order valence-corrected chi connectivity index (χ2v) is 5.53. The predicted molar refractivity (Wildman–Crippen MR) is 81.6 cm³/mol. The van der Waals surface area contributed by atoms with E-state index in [0.717, 1.165) is 31.1 Å². The van der Waals surface area contributed by atoms with Crippen LogP contribution in [0.4, 0.5) is 0 Å². The molecule has 0 bridgehead atoms. The first-order valence-electron chi connectivity index (χ1n) is 7.28. The summed E-state index contributed by atoms with van der Waals surface area (Å²) in [6, 6.07) is 4.83. The van der Waals surface area contributed by atoms with Crippen LogP contribution in [0.5, 0.6) is 11.5 Å². The highest BCUT2D eigenvalue weighted by Crippen LogP contribution is 2.31. The number of nitrogens with zero attached hydrogens (tertiary/aromatic N) is 1. The fraction of sp³-hybridized carbons (Fsp3) is 0.625. The average Bonchev–Trinajstić information content (AvgIpc) is 2.49. The third kappa shape index (κ3) is 3.44. The van der Waals surface area contributed by atoms with Gasteiger partial charge in [0, 0.05) is 12.6 Å². The number of hydrogen-bond acceptors (Lipinski definition) is 4. The molecule has 1 aliphatic rings.